The van der Waals surface area contributed by atoms with Gasteiger partial charge in [-0.25, -0.2) is 0 Å². The van der Waals surface area contributed by atoms with Gasteiger partial charge in [0, 0.05) is 13.2 Å². The summed E-state index contributed by atoms with van der Waals surface area (Å²) in [5.74, 6) is 0.753. The van der Waals surface area contributed by atoms with Crippen molar-refractivity contribution in [3.63, 3.8) is 0 Å². The topological polar surface area (TPSA) is 24.5 Å². The lowest BCUT2D eigenvalue weighted by Crippen LogP contribution is -2.32. The molecule has 0 spiro atoms. The van der Waals surface area contributed by atoms with Crippen LogP contribution in [0.1, 0.15) is 19.3 Å². The van der Waals surface area contributed by atoms with Crippen molar-refractivity contribution < 1.29 is 4.74 Å². The third-order valence-electron chi connectivity index (χ3n) is 2.65. The van der Waals surface area contributed by atoms with E-state index in [0.717, 1.165) is 38.6 Å². The quantitative estimate of drug-likeness (QED) is 0.646. The fourth-order valence-corrected chi connectivity index (χ4v) is 1.80. The SMILES string of the molecule is CN(C)CCCOC[C@@H]1CCCNC1. The van der Waals surface area contributed by atoms with Crippen molar-refractivity contribution in [1.82, 2.24) is 10.2 Å². The minimum atomic E-state index is 0.753. The molecule has 1 aliphatic heterocycles. The Labute approximate surface area is 87.8 Å². The first kappa shape index (κ1) is 12.0. The lowest BCUT2D eigenvalue weighted by molar-refractivity contribution is 0.0846. The molecule has 1 atom stereocenters. The highest BCUT2D eigenvalue weighted by molar-refractivity contribution is 4.68. The number of ether oxygens (including phenoxy) is 1. The van der Waals surface area contributed by atoms with Gasteiger partial charge in [-0.1, -0.05) is 0 Å². The van der Waals surface area contributed by atoms with Crippen molar-refractivity contribution in [2.75, 3.05) is 46.9 Å². The van der Waals surface area contributed by atoms with E-state index in [1.807, 2.05) is 0 Å². The third-order valence-corrected chi connectivity index (χ3v) is 2.65. The second-order valence-electron chi connectivity index (χ2n) is 4.44. The maximum atomic E-state index is 5.66. The Hall–Kier alpha value is -0.120. The largest absolute Gasteiger partial charge is 0.381 e. The summed E-state index contributed by atoms with van der Waals surface area (Å²) in [5, 5.41) is 3.41. The molecule has 1 heterocycles. The average molecular weight is 200 g/mol. The summed E-state index contributed by atoms with van der Waals surface area (Å²) in [6.07, 6.45) is 3.79. The van der Waals surface area contributed by atoms with Crippen molar-refractivity contribution in [3.8, 4) is 0 Å². The number of rotatable bonds is 6. The van der Waals surface area contributed by atoms with Gasteiger partial charge in [0.15, 0.2) is 0 Å². The van der Waals surface area contributed by atoms with Crippen LogP contribution in [0, 0.1) is 5.92 Å². The average Bonchev–Trinajstić information content (AvgIpc) is 2.18. The fraction of sp³-hybridized carbons (Fsp3) is 1.00. The first-order valence-electron chi connectivity index (χ1n) is 5.72. The molecule has 0 aromatic rings. The lowest BCUT2D eigenvalue weighted by atomic mass is 10.0. The van der Waals surface area contributed by atoms with Gasteiger partial charge < -0.3 is 15.0 Å². The molecule has 3 heteroatoms. The molecular weight excluding hydrogens is 176 g/mol. The predicted molar refractivity (Wildman–Crippen MR) is 59.6 cm³/mol. The number of hydrogen-bond acceptors (Lipinski definition) is 3. The minimum Gasteiger partial charge on any atom is -0.381 e. The molecule has 1 rings (SSSR count). The summed E-state index contributed by atoms with van der Waals surface area (Å²) in [7, 11) is 4.20. The van der Waals surface area contributed by atoms with Gasteiger partial charge in [0.2, 0.25) is 0 Å². The van der Waals surface area contributed by atoms with E-state index in [1.165, 1.54) is 19.4 Å². The molecular formula is C11H24N2O. The molecule has 14 heavy (non-hydrogen) atoms. The zero-order chi connectivity index (χ0) is 10.2. The number of nitrogens with one attached hydrogen (secondary N) is 1. The van der Waals surface area contributed by atoms with Crippen molar-refractivity contribution in [3.05, 3.63) is 0 Å². The molecule has 0 amide bonds. The van der Waals surface area contributed by atoms with Gasteiger partial charge >= 0.3 is 0 Å². The summed E-state index contributed by atoms with van der Waals surface area (Å²) in [4.78, 5) is 2.20. The molecule has 84 valence electrons. The molecule has 0 aromatic carbocycles. The van der Waals surface area contributed by atoms with Gasteiger partial charge in [0.05, 0.1) is 6.61 Å². The third kappa shape index (κ3) is 5.58. The van der Waals surface area contributed by atoms with Gasteiger partial charge in [0.25, 0.3) is 0 Å². The Kier molecular flexibility index (Phi) is 6.15. The molecule has 3 nitrogen and oxygen atoms in total. The minimum absolute atomic E-state index is 0.753. The highest BCUT2D eigenvalue weighted by Gasteiger charge is 2.12. The molecule has 0 bridgehead atoms. The second kappa shape index (κ2) is 7.21. The number of hydrogen-bond donors (Lipinski definition) is 1. The van der Waals surface area contributed by atoms with Crippen molar-refractivity contribution >= 4 is 0 Å². The Morgan fingerprint density at radius 3 is 2.93 bits per heavy atom. The van der Waals surface area contributed by atoms with Gasteiger partial charge in [0.1, 0.15) is 0 Å². The summed E-state index contributed by atoms with van der Waals surface area (Å²) < 4.78 is 5.66. The fourth-order valence-electron chi connectivity index (χ4n) is 1.80. The van der Waals surface area contributed by atoms with Crippen molar-refractivity contribution in [1.29, 1.82) is 0 Å². The summed E-state index contributed by atoms with van der Waals surface area (Å²) in [6, 6.07) is 0. The first-order valence-corrected chi connectivity index (χ1v) is 5.72. The molecule has 0 aliphatic carbocycles. The molecule has 1 saturated heterocycles. The zero-order valence-electron chi connectivity index (χ0n) is 9.59. The summed E-state index contributed by atoms with van der Waals surface area (Å²) >= 11 is 0. The first-order chi connectivity index (χ1) is 6.79. The highest BCUT2D eigenvalue weighted by Crippen LogP contribution is 2.09. The van der Waals surface area contributed by atoms with Crippen LogP contribution in [0.5, 0.6) is 0 Å². The van der Waals surface area contributed by atoms with E-state index in [2.05, 4.69) is 24.3 Å². The van der Waals surface area contributed by atoms with E-state index in [1.54, 1.807) is 0 Å². The van der Waals surface area contributed by atoms with Crippen LogP contribution in [-0.4, -0.2) is 51.8 Å². The van der Waals surface area contributed by atoms with Gasteiger partial charge in [-0.3, -0.25) is 0 Å². The van der Waals surface area contributed by atoms with Crippen LogP contribution in [0.15, 0.2) is 0 Å². The predicted octanol–water partition coefficient (Wildman–Crippen LogP) is 0.954. The van der Waals surface area contributed by atoms with Gasteiger partial charge in [-0.15, -0.1) is 0 Å². The van der Waals surface area contributed by atoms with Gasteiger partial charge in [-0.2, -0.15) is 0 Å². The van der Waals surface area contributed by atoms with Crippen LogP contribution in [0.25, 0.3) is 0 Å². The Balaban J connectivity index is 1.87. The number of nitrogens with zero attached hydrogens (tertiary/aromatic N) is 1. The van der Waals surface area contributed by atoms with E-state index < -0.39 is 0 Å². The Morgan fingerprint density at radius 1 is 1.43 bits per heavy atom. The smallest absolute Gasteiger partial charge is 0.0506 e. The van der Waals surface area contributed by atoms with Gasteiger partial charge in [-0.05, 0) is 52.4 Å². The molecule has 1 aliphatic rings. The van der Waals surface area contributed by atoms with Crippen LogP contribution in [0.4, 0.5) is 0 Å². The normalized spacial score (nSPS) is 22.9. The Bertz CT molecular complexity index is 133. The standard InChI is InChI=1S/C11H24N2O/c1-13(2)7-4-8-14-10-11-5-3-6-12-9-11/h11-12H,3-10H2,1-2H3/t11-/m1/s1. The molecule has 1 N–H and O–H groups in total. The summed E-state index contributed by atoms with van der Waals surface area (Å²) in [5.41, 5.74) is 0. The van der Waals surface area contributed by atoms with E-state index in [4.69, 9.17) is 4.74 Å². The zero-order valence-corrected chi connectivity index (χ0v) is 9.59. The van der Waals surface area contributed by atoms with Crippen LogP contribution in [0.2, 0.25) is 0 Å². The van der Waals surface area contributed by atoms with Crippen LogP contribution in [-0.2, 0) is 4.74 Å². The summed E-state index contributed by atoms with van der Waals surface area (Å²) in [6.45, 7) is 5.32. The lowest BCUT2D eigenvalue weighted by Gasteiger charge is -2.22. The Morgan fingerprint density at radius 2 is 2.29 bits per heavy atom. The van der Waals surface area contributed by atoms with E-state index >= 15 is 0 Å². The molecule has 1 fully saturated rings. The van der Waals surface area contributed by atoms with Crippen LogP contribution >= 0.6 is 0 Å². The van der Waals surface area contributed by atoms with E-state index in [9.17, 15) is 0 Å². The second-order valence-corrected chi connectivity index (χ2v) is 4.44. The maximum absolute atomic E-state index is 5.66. The maximum Gasteiger partial charge on any atom is 0.0506 e. The molecule has 0 aromatic heterocycles. The van der Waals surface area contributed by atoms with Crippen LogP contribution < -0.4 is 5.32 Å². The number of piperidine rings is 1. The monoisotopic (exact) mass is 200 g/mol. The highest BCUT2D eigenvalue weighted by atomic mass is 16.5. The van der Waals surface area contributed by atoms with Crippen LogP contribution in [0.3, 0.4) is 0 Å². The molecule has 0 radical (unpaired) electrons. The molecule has 0 saturated carbocycles. The molecule has 0 unspecified atom stereocenters. The van der Waals surface area contributed by atoms with E-state index in [0.29, 0.717) is 0 Å². The van der Waals surface area contributed by atoms with Crippen molar-refractivity contribution in [2.24, 2.45) is 5.92 Å². The van der Waals surface area contributed by atoms with Crippen molar-refractivity contribution in [2.45, 2.75) is 19.3 Å². The van der Waals surface area contributed by atoms with E-state index in [-0.39, 0.29) is 0 Å².